The first-order valence-electron chi connectivity index (χ1n) is 9.01. The van der Waals surface area contributed by atoms with Gasteiger partial charge in [-0.1, -0.05) is 30.3 Å². The number of fused-ring (bicyclic) bond motifs is 3. The number of hydrogen-bond donors (Lipinski definition) is 2. The molecule has 0 aliphatic carbocycles. The Morgan fingerprint density at radius 1 is 1.21 bits per heavy atom. The third kappa shape index (κ3) is 3.46. The van der Waals surface area contributed by atoms with Gasteiger partial charge in [0.1, 0.15) is 16.8 Å². The number of methoxy groups -OCH3 is 1. The molecule has 0 atom stereocenters. The van der Waals surface area contributed by atoms with Crippen LogP contribution >= 0.6 is 0 Å². The number of hydrogen-bond acceptors (Lipinski definition) is 4. The molecule has 7 nitrogen and oxygen atoms in total. The van der Waals surface area contributed by atoms with Crippen molar-refractivity contribution in [3.63, 3.8) is 0 Å². The molecule has 0 bridgehead atoms. The number of aromatic nitrogens is 3. The van der Waals surface area contributed by atoms with Crippen LogP contribution in [0.25, 0.3) is 21.9 Å². The van der Waals surface area contributed by atoms with Gasteiger partial charge >= 0.3 is 0 Å². The lowest BCUT2D eigenvalue weighted by molar-refractivity contribution is -0.121. The molecule has 0 aliphatic heterocycles. The van der Waals surface area contributed by atoms with Crippen LogP contribution in [0.3, 0.4) is 0 Å². The Hall–Kier alpha value is -3.61. The van der Waals surface area contributed by atoms with Crippen molar-refractivity contribution in [3.05, 3.63) is 70.8 Å². The molecule has 1 amide bonds. The van der Waals surface area contributed by atoms with Crippen molar-refractivity contribution in [1.82, 2.24) is 19.9 Å². The standard InChI is InChI=1S/C21H20N4O3/c1-28-15-6-4-5-14(11-15)12-22-18(26)9-10-25-13-23-19-16-7-2-3-8-17(16)24-20(19)21(25)27/h2-8,11,13,24H,9-10,12H2,1H3,(H,22,26). The first kappa shape index (κ1) is 17.8. The fourth-order valence-electron chi connectivity index (χ4n) is 3.19. The Balaban J connectivity index is 1.43. The van der Waals surface area contributed by atoms with Crippen LogP contribution in [-0.2, 0) is 17.9 Å². The van der Waals surface area contributed by atoms with E-state index in [0.29, 0.717) is 17.6 Å². The van der Waals surface area contributed by atoms with Gasteiger partial charge in [-0.3, -0.25) is 14.2 Å². The minimum Gasteiger partial charge on any atom is -0.497 e. The minimum atomic E-state index is -0.179. The Bertz CT molecular complexity index is 1210. The van der Waals surface area contributed by atoms with Crippen LogP contribution in [0.15, 0.2) is 59.7 Å². The molecular weight excluding hydrogens is 356 g/mol. The Labute approximate surface area is 161 Å². The number of aromatic amines is 1. The Kier molecular flexibility index (Phi) is 4.80. The van der Waals surface area contributed by atoms with Crippen LogP contribution in [-0.4, -0.2) is 27.6 Å². The van der Waals surface area contributed by atoms with Crippen LogP contribution in [0.4, 0.5) is 0 Å². The highest BCUT2D eigenvalue weighted by molar-refractivity contribution is 6.04. The van der Waals surface area contributed by atoms with E-state index in [2.05, 4.69) is 15.3 Å². The van der Waals surface area contributed by atoms with Crippen molar-refractivity contribution in [3.8, 4) is 5.75 Å². The summed E-state index contributed by atoms with van der Waals surface area (Å²) in [4.78, 5) is 32.4. The van der Waals surface area contributed by atoms with Crippen molar-refractivity contribution in [2.75, 3.05) is 7.11 Å². The first-order chi connectivity index (χ1) is 13.7. The van der Waals surface area contributed by atoms with Crippen LogP contribution in [0.1, 0.15) is 12.0 Å². The van der Waals surface area contributed by atoms with E-state index >= 15 is 0 Å². The van der Waals surface area contributed by atoms with Crippen LogP contribution in [0.2, 0.25) is 0 Å². The highest BCUT2D eigenvalue weighted by atomic mass is 16.5. The Morgan fingerprint density at radius 3 is 2.93 bits per heavy atom. The van der Waals surface area contributed by atoms with Gasteiger partial charge in [0.25, 0.3) is 5.56 Å². The summed E-state index contributed by atoms with van der Waals surface area (Å²) >= 11 is 0. The topological polar surface area (TPSA) is 89.0 Å². The lowest BCUT2D eigenvalue weighted by Crippen LogP contribution is -2.27. The summed E-state index contributed by atoms with van der Waals surface area (Å²) in [5, 5.41) is 3.78. The number of para-hydroxylation sites is 1. The van der Waals surface area contributed by atoms with Crippen LogP contribution in [0.5, 0.6) is 5.75 Å². The van der Waals surface area contributed by atoms with Gasteiger partial charge in [-0.2, -0.15) is 0 Å². The molecule has 28 heavy (non-hydrogen) atoms. The molecule has 0 radical (unpaired) electrons. The van der Waals surface area contributed by atoms with Gasteiger partial charge in [-0.25, -0.2) is 4.98 Å². The molecule has 2 N–H and O–H groups in total. The largest absolute Gasteiger partial charge is 0.497 e. The molecule has 0 aliphatic rings. The highest BCUT2D eigenvalue weighted by Crippen LogP contribution is 2.20. The number of carbonyl (C=O) groups excluding carboxylic acids is 1. The monoisotopic (exact) mass is 376 g/mol. The average Bonchev–Trinajstić information content (AvgIpc) is 3.11. The number of aryl methyl sites for hydroxylation is 1. The second kappa shape index (κ2) is 7.56. The quantitative estimate of drug-likeness (QED) is 0.541. The molecule has 7 heteroatoms. The van der Waals surface area contributed by atoms with E-state index < -0.39 is 0 Å². The normalized spacial score (nSPS) is 11.0. The predicted octanol–water partition coefficient (Wildman–Crippen LogP) is 2.59. The van der Waals surface area contributed by atoms with E-state index in [0.717, 1.165) is 22.2 Å². The number of rotatable bonds is 6. The maximum absolute atomic E-state index is 12.7. The van der Waals surface area contributed by atoms with Gasteiger partial charge in [0, 0.05) is 30.4 Å². The zero-order valence-electron chi connectivity index (χ0n) is 15.4. The number of H-pyrrole nitrogens is 1. The highest BCUT2D eigenvalue weighted by Gasteiger charge is 2.11. The third-order valence-corrected chi connectivity index (χ3v) is 4.68. The van der Waals surface area contributed by atoms with Gasteiger partial charge in [-0.05, 0) is 23.8 Å². The number of benzene rings is 2. The molecule has 0 unspecified atom stereocenters. The fraction of sp³-hybridized carbons (Fsp3) is 0.190. The number of ether oxygens (including phenoxy) is 1. The van der Waals surface area contributed by atoms with Crippen molar-refractivity contribution in [2.45, 2.75) is 19.5 Å². The van der Waals surface area contributed by atoms with Gasteiger partial charge in [0.2, 0.25) is 5.91 Å². The molecule has 142 valence electrons. The van der Waals surface area contributed by atoms with Crippen LogP contribution in [0, 0.1) is 0 Å². The van der Waals surface area contributed by atoms with E-state index in [4.69, 9.17) is 4.74 Å². The number of carbonyl (C=O) groups is 1. The minimum absolute atomic E-state index is 0.133. The Morgan fingerprint density at radius 2 is 2.07 bits per heavy atom. The summed E-state index contributed by atoms with van der Waals surface area (Å²) in [6, 6.07) is 15.2. The summed E-state index contributed by atoms with van der Waals surface area (Å²) in [6.07, 6.45) is 1.69. The number of nitrogens with zero attached hydrogens (tertiary/aromatic N) is 2. The summed E-state index contributed by atoms with van der Waals surface area (Å²) in [5.41, 5.74) is 2.75. The van der Waals surface area contributed by atoms with Gasteiger partial charge in [0.05, 0.1) is 13.4 Å². The second-order valence-corrected chi connectivity index (χ2v) is 6.52. The van der Waals surface area contributed by atoms with Crippen molar-refractivity contribution < 1.29 is 9.53 Å². The third-order valence-electron chi connectivity index (χ3n) is 4.68. The first-order valence-corrected chi connectivity index (χ1v) is 9.01. The maximum atomic E-state index is 12.7. The average molecular weight is 376 g/mol. The smallest absolute Gasteiger partial charge is 0.277 e. The summed E-state index contributed by atoms with van der Waals surface area (Å²) in [7, 11) is 1.60. The molecule has 0 fully saturated rings. The second-order valence-electron chi connectivity index (χ2n) is 6.52. The molecule has 2 aromatic heterocycles. The SMILES string of the molecule is COc1cccc(CNC(=O)CCn2cnc3c([nH]c4ccccc43)c2=O)c1. The van der Waals surface area contributed by atoms with E-state index in [9.17, 15) is 9.59 Å². The molecular formula is C21H20N4O3. The molecule has 0 saturated heterocycles. The number of nitrogens with one attached hydrogen (secondary N) is 2. The van der Waals surface area contributed by atoms with Gasteiger partial charge in [0.15, 0.2) is 0 Å². The van der Waals surface area contributed by atoms with Crippen molar-refractivity contribution in [2.24, 2.45) is 0 Å². The maximum Gasteiger partial charge on any atom is 0.277 e. The summed E-state index contributed by atoms with van der Waals surface area (Å²) in [5.74, 6) is 0.613. The van der Waals surface area contributed by atoms with E-state index in [1.807, 2.05) is 48.5 Å². The number of amides is 1. The molecule has 4 aromatic rings. The summed E-state index contributed by atoms with van der Waals surface area (Å²) < 4.78 is 6.64. The van der Waals surface area contributed by atoms with Crippen molar-refractivity contribution >= 4 is 27.8 Å². The van der Waals surface area contributed by atoms with E-state index in [-0.39, 0.29) is 24.4 Å². The molecule has 4 rings (SSSR count). The molecule has 0 saturated carbocycles. The van der Waals surface area contributed by atoms with Crippen LogP contribution < -0.4 is 15.6 Å². The summed E-state index contributed by atoms with van der Waals surface area (Å²) in [6.45, 7) is 0.672. The van der Waals surface area contributed by atoms with E-state index in [1.165, 1.54) is 10.9 Å². The van der Waals surface area contributed by atoms with Gasteiger partial charge in [-0.15, -0.1) is 0 Å². The van der Waals surface area contributed by atoms with Crippen molar-refractivity contribution in [1.29, 1.82) is 0 Å². The van der Waals surface area contributed by atoms with E-state index in [1.54, 1.807) is 7.11 Å². The zero-order chi connectivity index (χ0) is 19.5. The van der Waals surface area contributed by atoms with Gasteiger partial charge < -0.3 is 15.0 Å². The molecule has 2 heterocycles. The zero-order valence-corrected chi connectivity index (χ0v) is 15.4. The predicted molar refractivity (Wildman–Crippen MR) is 107 cm³/mol. The molecule has 0 spiro atoms. The molecule has 2 aromatic carbocycles. The lowest BCUT2D eigenvalue weighted by atomic mass is 10.2. The fourth-order valence-corrected chi connectivity index (χ4v) is 3.19. The lowest BCUT2D eigenvalue weighted by Gasteiger charge is -2.08.